The van der Waals surface area contributed by atoms with Gasteiger partial charge in [-0.1, -0.05) is 11.6 Å². The van der Waals surface area contributed by atoms with Gasteiger partial charge in [0.2, 0.25) is 5.28 Å². The van der Waals surface area contributed by atoms with Crippen molar-refractivity contribution >= 4 is 35.0 Å². The van der Waals surface area contributed by atoms with Crippen molar-refractivity contribution in [3.63, 3.8) is 0 Å². The summed E-state index contributed by atoms with van der Waals surface area (Å²) in [5.41, 5.74) is -0.362. The van der Waals surface area contributed by atoms with Crippen LogP contribution in [0, 0.1) is 0 Å². The molecule has 1 aliphatic rings. The number of hydrogen-bond donors (Lipinski definition) is 1. The van der Waals surface area contributed by atoms with E-state index in [1.165, 1.54) is 5.06 Å². The third-order valence-electron chi connectivity index (χ3n) is 2.49. The quantitative estimate of drug-likeness (QED) is 0.487. The zero-order chi connectivity index (χ0) is 14.9. The van der Waals surface area contributed by atoms with E-state index in [0.717, 1.165) is 0 Å². The maximum atomic E-state index is 11.1. The highest BCUT2D eigenvalue weighted by molar-refractivity contribution is 6.36. The number of hydroxylamine groups is 1. The van der Waals surface area contributed by atoms with Gasteiger partial charge in [-0.15, -0.1) is 0 Å². The van der Waals surface area contributed by atoms with Crippen LogP contribution in [0.25, 0.3) is 0 Å². The molecular formula is C11H13Cl2N3O4. The average Bonchev–Trinajstić information content (AvgIpc) is 3.16. The number of rotatable bonds is 6. The molecule has 0 radical (unpaired) electrons. The molecule has 2 rings (SSSR count). The fourth-order valence-corrected chi connectivity index (χ4v) is 1.89. The Morgan fingerprint density at radius 1 is 1.55 bits per heavy atom. The van der Waals surface area contributed by atoms with Crippen LogP contribution in [0.3, 0.4) is 0 Å². The lowest BCUT2D eigenvalue weighted by molar-refractivity contribution is 0.0687. The molecule has 1 aliphatic heterocycles. The number of carboxylic acid groups (broad SMARTS) is 1. The summed E-state index contributed by atoms with van der Waals surface area (Å²) in [6, 6.07) is -0.126. The first kappa shape index (κ1) is 15.2. The summed E-state index contributed by atoms with van der Waals surface area (Å²) in [4.78, 5) is 24.2. The molecular weight excluding hydrogens is 309 g/mol. The van der Waals surface area contributed by atoms with E-state index in [-0.39, 0.29) is 34.0 Å². The molecule has 1 saturated heterocycles. The van der Waals surface area contributed by atoms with Crippen LogP contribution >= 0.6 is 23.2 Å². The van der Waals surface area contributed by atoms with E-state index in [2.05, 4.69) is 9.97 Å². The summed E-state index contributed by atoms with van der Waals surface area (Å²) in [5.74, 6) is -1.16. The van der Waals surface area contributed by atoms with Gasteiger partial charge in [-0.05, 0) is 25.4 Å². The van der Waals surface area contributed by atoms with Gasteiger partial charge < -0.3 is 9.84 Å². The zero-order valence-electron chi connectivity index (χ0n) is 10.8. The number of hydrogen-bond acceptors (Lipinski definition) is 6. The Hall–Kier alpha value is -1.15. The van der Waals surface area contributed by atoms with Crippen LogP contribution < -0.4 is 5.06 Å². The van der Waals surface area contributed by atoms with Gasteiger partial charge in [0, 0.05) is 0 Å². The summed E-state index contributed by atoms with van der Waals surface area (Å²) >= 11 is 11.8. The number of nitrogens with zero attached hydrogens (tertiary/aromatic N) is 3. The predicted octanol–water partition coefficient (Wildman–Crippen LogP) is 2.03. The highest BCUT2D eigenvalue weighted by Crippen LogP contribution is 2.30. The number of aromatic nitrogens is 2. The summed E-state index contributed by atoms with van der Waals surface area (Å²) in [5, 5.41) is 10.1. The fraction of sp³-hybridized carbons (Fsp3) is 0.545. The van der Waals surface area contributed by atoms with Crippen LogP contribution in [-0.2, 0) is 9.57 Å². The number of aromatic carboxylic acids is 1. The first-order valence-corrected chi connectivity index (χ1v) is 6.65. The molecule has 0 amide bonds. The Morgan fingerprint density at radius 2 is 2.20 bits per heavy atom. The number of carbonyl (C=O) groups is 1. The third-order valence-corrected chi connectivity index (χ3v) is 3.01. The predicted molar refractivity (Wildman–Crippen MR) is 72.3 cm³/mol. The molecule has 1 fully saturated rings. The number of epoxide rings is 1. The van der Waals surface area contributed by atoms with Crippen LogP contribution in [0.15, 0.2) is 0 Å². The van der Waals surface area contributed by atoms with E-state index >= 15 is 0 Å². The van der Waals surface area contributed by atoms with Crippen molar-refractivity contribution in [2.45, 2.75) is 26.0 Å². The molecule has 9 heteroatoms. The van der Waals surface area contributed by atoms with Crippen LogP contribution in [0.2, 0.25) is 10.3 Å². The van der Waals surface area contributed by atoms with Crippen molar-refractivity contribution in [2.75, 3.05) is 18.3 Å². The third kappa shape index (κ3) is 3.49. The minimum atomic E-state index is -1.28. The zero-order valence-corrected chi connectivity index (χ0v) is 12.4. The Labute approximate surface area is 125 Å². The van der Waals surface area contributed by atoms with E-state index < -0.39 is 5.97 Å². The largest absolute Gasteiger partial charge is 0.476 e. The van der Waals surface area contributed by atoms with E-state index in [0.29, 0.717) is 13.2 Å². The van der Waals surface area contributed by atoms with Crippen molar-refractivity contribution < 1.29 is 19.5 Å². The molecule has 0 aliphatic carbocycles. The molecule has 1 N–H and O–H groups in total. The Morgan fingerprint density at radius 3 is 2.70 bits per heavy atom. The Kier molecular flexibility index (Phi) is 4.64. The lowest BCUT2D eigenvalue weighted by Crippen LogP contribution is -2.34. The van der Waals surface area contributed by atoms with Crippen molar-refractivity contribution in [2.24, 2.45) is 0 Å². The van der Waals surface area contributed by atoms with Gasteiger partial charge in [0.1, 0.15) is 17.7 Å². The van der Waals surface area contributed by atoms with Gasteiger partial charge in [-0.2, -0.15) is 4.98 Å². The van der Waals surface area contributed by atoms with Gasteiger partial charge in [-0.3, -0.25) is 4.84 Å². The number of anilines is 1. The molecule has 0 saturated carbocycles. The van der Waals surface area contributed by atoms with Crippen molar-refractivity contribution in [1.82, 2.24) is 9.97 Å². The van der Waals surface area contributed by atoms with Crippen molar-refractivity contribution in [3.8, 4) is 0 Å². The van der Waals surface area contributed by atoms with Crippen LogP contribution in [0.1, 0.15) is 24.3 Å². The summed E-state index contributed by atoms with van der Waals surface area (Å²) in [7, 11) is 0. The monoisotopic (exact) mass is 321 g/mol. The Balaban J connectivity index is 2.33. The van der Waals surface area contributed by atoms with Crippen molar-refractivity contribution in [1.29, 1.82) is 0 Å². The molecule has 1 aromatic rings. The molecule has 7 nitrogen and oxygen atoms in total. The average molecular weight is 322 g/mol. The lowest BCUT2D eigenvalue weighted by atomic mass is 10.3. The normalized spacial score (nSPS) is 17.4. The van der Waals surface area contributed by atoms with Crippen molar-refractivity contribution in [3.05, 3.63) is 16.0 Å². The summed E-state index contributed by atoms with van der Waals surface area (Å²) < 4.78 is 5.05. The first-order valence-electron chi connectivity index (χ1n) is 5.90. The SMILES string of the molecule is CC(C)N(OC[C@@H]1CO1)c1nc(Cl)nc(C(=O)O)c1Cl. The van der Waals surface area contributed by atoms with Crippen LogP contribution in [0.5, 0.6) is 0 Å². The van der Waals surface area contributed by atoms with E-state index in [9.17, 15) is 4.79 Å². The second-order valence-corrected chi connectivity index (χ2v) is 5.17. The van der Waals surface area contributed by atoms with Crippen LogP contribution in [0.4, 0.5) is 5.82 Å². The van der Waals surface area contributed by atoms with Gasteiger partial charge in [0.15, 0.2) is 11.5 Å². The van der Waals surface area contributed by atoms with Gasteiger partial charge in [-0.25, -0.2) is 14.8 Å². The van der Waals surface area contributed by atoms with Gasteiger partial charge in [0.25, 0.3) is 0 Å². The second-order valence-electron chi connectivity index (χ2n) is 4.45. The molecule has 1 aromatic heterocycles. The van der Waals surface area contributed by atoms with Gasteiger partial charge in [0.05, 0.1) is 12.6 Å². The topological polar surface area (TPSA) is 88.1 Å². The molecule has 0 spiro atoms. The van der Waals surface area contributed by atoms with Gasteiger partial charge >= 0.3 is 5.97 Å². The second kappa shape index (κ2) is 6.09. The van der Waals surface area contributed by atoms with Crippen LogP contribution in [-0.4, -0.2) is 46.4 Å². The highest BCUT2D eigenvalue weighted by Gasteiger charge is 2.28. The smallest absolute Gasteiger partial charge is 0.356 e. The maximum Gasteiger partial charge on any atom is 0.356 e. The molecule has 20 heavy (non-hydrogen) atoms. The summed E-state index contributed by atoms with van der Waals surface area (Å²) in [6.07, 6.45) is 0.0475. The molecule has 110 valence electrons. The number of carboxylic acids is 1. The molecule has 0 aromatic carbocycles. The summed E-state index contributed by atoms with van der Waals surface area (Å²) in [6.45, 7) is 4.67. The fourth-order valence-electron chi connectivity index (χ4n) is 1.48. The molecule has 0 bridgehead atoms. The maximum absolute atomic E-state index is 11.1. The first-order chi connectivity index (χ1) is 9.40. The standard InChI is InChI=1S/C11H13Cl2N3O4/c1-5(2)16(20-4-6-3-19-6)9-7(12)8(10(17)18)14-11(13)15-9/h5-6H,3-4H2,1-2H3,(H,17,18)/t6-/m0/s1. The minimum absolute atomic E-state index is 0.0475. The molecule has 2 heterocycles. The number of ether oxygens (including phenoxy) is 1. The molecule has 1 atom stereocenters. The minimum Gasteiger partial charge on any atom is -0.476 e. The van der Waals surface area contributed by atoms with E-state index in [1.54, 1.807) is 0 Å². The molecule has 0 unspecified atom stereocenters. The lowest BCUT2D eigenvalue weighted by Gasteiger charge is -2.27. The number of halogens is 2. The Bertz CT molecular complexity index is 523. The van der Waals surface area contributed by atoms with E-state index in [1.807, 2.05) is 13.8 Å². The van der Waals surface area contributed by atoms with E-state index in [4.69, 9.17) is 37.9 Å². The highest BCUT2D eigenvalue weighted by atomic mass is 35.5.